The summed E-state index contributed by atoms with van der Waals surface area (Å²) in [5.74, 6) is 0.245. The second-order valence-electron chi connectivity index (χ2n) is 7.71. The zero-order valence-electron chi connectivity index (χ0n) is 17.8. The molecule has 2 heterocycles. The average Bonchev–Trinajstić information content (AvgIpc) is 3.26. The van der Waals surface area contributed by atoms with Crippen LogP contribution in [0.15, 0.2) is 41.3 Å². The first-order valence-corrected chi connectivity index (χ1v) is 11.6. The molecule has 1 amide bonds. The molecule has 0 spiro atoms. The lowest BCUT2D eigenvalue weighted by Crippen LogP contribution is -2.41. The Balaban J connectivity index is 1.39. The van der Waals surface area contributed by atoms with Crippen LogP contribution in [0.3, 0.4) is 0 Å². The summed E-state index contributed by atoms with van der Waals surface area (Å²) in [6.07, 6.45) is 0.823. The van der Waals surface area contributed by atoms with Crippen molar-refractivity contribution in [2.24, 2.45) is 5.92 Å². The Morgan fingerprint density at radius 2 is 1.78 bits per heavy atom. The molecule has 170 valence electrons. The number of fused-ring (bicyclic) bond motifs is 1. The molecule has 0 unspecified atom stereocenters. The molecule has 4 rings (SSSR count). The SMILES string of the molecule is COC(=O)c1ccc(S(=O)(=O)N2CCC(C(=O)Nc3ccc4c(c3)OCO4)CC2)c(C)c1. The summed E-state index contributed by atoms with van der Waals surface area (Å²) >= 11 is 0. The van der Waals surface area contributed by atoms with Crippen molar-refractivity contribution in [3.05, 3.63) is 47.5 Å². The van der Waals surface area contributed by atoms with Gasteiger partial charge in [0.25, 0.3) is 0 Å². The van der Waals surface area contributed by atoms with Gasteiger partial charge in [-0.2, -0.15) is 4.31 Å². The summed E-state index contributed by atoms with van der Waals surface area (Å²) in [7, 11) is -2.46. The van der Waals surface area contributed by atoms with Gasteiger partial charge in [0.05, 0.1) is 17.6 Å². The predicted molar refractivity (Wildman–Crippen MR) is 115 cm³/mol. The van der Waals surface area contributed by atoms with E-state index in [1.807, 2.05) is 0 Å². The molecule has 2 aliphatic rings. The summed E-state index contributed by atoms with van der Waals surface area (Å²) in [5, 5.41) is 2.87. The van der Waals surface area contributed by atoms with E-state index in [0.717, 1.165) is 0 Å². The molecular weight excluding hydrogens is 436 g/mol. The van der Waals surface area contributed by atoms with E-state index in [-0.39, 0.29) is 36.6 Å². The van der Waals surface area contributed by atoms with E-state index in [1.165, 1.54) is 29.6 Å². The van der Waals surface area contributed by atoms with Gasteiger partial charge in [0, 0.05) is 30.8 Å². The van der Waals surface area contributed by atoms with E-state index in [1.54, 1.807) is 25.1 Å². The van der Waals surface area contributed by atoms with Crippen LogP contribution >= 0.6 is 0 Å². The maximum Gasteiger partial charge on any atom is 0.337 e. The van der Waals surface area contributed by atoms with Crippen LogP contribution in [0.5, 0.6) is 11.5 Å². The summed E-state index contributed by atoms with van der Waals surface area (Å²) < 4.78 is 42.9. The standard InChI is InChI=1S/C22H24N2O7S/c1-14-11-16(22(26)29-2)3-6-20(14)32(27,28)24-9-7-15(8-10-24)21(25)23-17-4-5-18-19(12-17)31-13-30-18/h3-6,11-12,15H,7-10,13H2,1-2H3,(H,23,25). The largest absolute Gasteiger partial charge is 0.465 e. The number of rotatable bonds is 5. The first kappa shape index (κ1) is 22.1. The highest BCUT2D eigenvalue weighted by molar-refractivity contribution is 7.89. The van der Waals surface area contributed by atoms with E-state index in [9.17, 15) is 18.0 Å². The number of carbonyl (C=O) groups is 2. The van der Waals surface area contributed by atoms with Crippen LogP contribution < -0.4 is 14.8 Å². The fourth-order valence-electron chi connectivity index (χ4n) is 3.90. The topological polar surface area (TPSA) is 111 Å². The quantitative estimate of drug-likeness (QED) is 0.683. The third-order valence-electron chi connectivity index (χ3n) is 5.68. The molecular formula is C22H24N2O7S. The molecule has 0 aliphatic carbocycles. The summed E-state index contributed by atoms with van der Waals surface area (Å²) in [6.45, 7) is 2.27. The Morgan fingerprint density at radius 3 is 2.47 bits per heavy atom. The van der Waals surface area contributed by atoms with Crippen LogP contribution in [-0.2, 0) is 19.6 Å². The summed E-state index contributed by atoms with van der Waals surface area (Å²) in [5.41, 5.74) is 1.37. The lowest BCUT2D eigenvalue weighted by atomic mass is 9.97. The second kappa shape index (κ2) is 8.79. The first-order chi connectivity index (χ1) is 15.3. The number of aryl methyl sites for hydroxylation is 1. The minimum atomic E-state index is -3.74. The van der Waals surface area contributed by atoms with E-state index in [2.05, 4.69) is 10.1 Å². The third kappa shape index (κ3) is 4.28. The Bertz CT molecular complexity index is 1150. The molecule has 9 nitrogen and oxygen atoms in total. The van der Waals surface area contributed by atoms with Crippen LogP contribution in [0.4, 0.5) is 5.69 Å². The van der Waals surface area contributed by atoms with Crippen molar-refractivity contribution >= 4 is 27.6 Å². The number of amides is 1. The molecule has 10 heteroatoms. The molecule has 2 aromatic carbocycles. The highest BCUT2D eigenvalue weighted by Gasteiger charge is 2.33. The number of carbonyl (C=O) groups excluding carboxylic acids is 2. The van der Waals surface area contributed by atoms with E-state index >= 15 is 0 Å². The van der Waals surface area contributed by atoms with Crippen molar-refractivity contribution in [3.63, 3.8) is 0 Å². The highest BCUT2D eigenvalue weighted by Crippen LogP contribution is 2.34. The minimum absolute atomic E-state index is 0.147. The number of esters is 1. The Labute approximate surface area is 186 Å². The Hall–Kier alpha value is -3.11. The van der Waals surface area contributed by atoms with E-state index < -0.39 is 16.0 Å². The third-order valence-corrected chi connectivity index (χ3v) is 7.74. The van der Waals surface area contributed by atoms with Gasteiger partial charge in [0.1, 0.15) is 0 Å². The zero-order valence-corrected chi connectivity index (χ0v) is 18.6. The van der Waals surface area contributed by atoms with Crippen molar-refractivity contribution in [2.75, 3.05) is 32.3 Å². The van der Waals surface area contributed by atoms with E-state index in [4.69, 9.17) is 9.47 Å². The van der Waals surface area contributed by atoms with Crippen molar-refractivity contribution in [2.45, 2.75) is 24.7 Å². The Kier molecular flexibility index (Phi) is 6.07. The number of nitrogens with zero attached hydrogens (tertiary/aromatic N) is 1. The molecule has 0 saturated carbocycles. The van der Waals surface area contributed by atoms with Gasteiger partial charge in [-0.1, -0.05) is 0 Å². The number of sulfonamides is 1. The van der Waals surface area contributed by atoms with Gasteiger partial charge in [-0.05, 0) is 55.7 Å². The number of anilines is 1. The van der Waals surface area contributed by atoms with Crippen molar-refractivity contribution in [1.29, 1.82) is 0 Å². The van der Waals surface area contributed by atoms with Gasteiger partial charge >= 0.3 is 5.97 Å². The van der Waals surface area contributed by atoms with Crippen LogP contribution in [0, 0.1) is 12.8 Å². The minimum Gasteiger partial charge on any atom is -0.465 e. The summed E-state index contributed by atoms with van der Waals surface area (Å²) in [4.78, 5) is 24.5. The molecule has 0 bridgehead atoms. The molecule has 2 aromatic rings. The van der Waals surface area contributed by atoms with Gasteiger partial charge in [0.15, 0.2) is 11.5 Å². The van der Waals surface area contributed by atoms with Crippen molar-refractivity contribution in [3.8, 4) is 11.5 Å². The van der Waals surface area contributed by atoms with Crippen LogP contribution in [-0.4, -0.2) is 51.6 Å². The molecule has 0 atom stereocenters. The fourth-order valence-corrected chi connectivity index (χ4v) is 5.58. The number of methoxy groups -OCH3 is 1. The first-order valence-electron chi connectivity index (χ1n) is 10.2. The number of benzene rings is 2. The van der Waals surface area contributed by atoms with Crippen LogP contribution in [0.1, 0.15) is 28.8 Å². The maximum absolute atomic E-state index is 13.1. The number of piperidine rings is 1. The van der Waals surface area contributed by atoms with Gasteiger partial charge in [0.2, 0.25) is 22.7 Å². The van der Waals surface area contributed by atoms with Crippen molar-refractivity contribution < 1.29 is 32.2 Å². The number of nitrogens with one attached hydrogen (secondary N) is 1. The lowest BCUT2D eigenvalue weighted by molar-refractivity contribution is -0.120. The molecule has 1 N–H and O–H groups in total. The van der Waals surface area contributed by atoms with Crippen molar-refractivity contribution in [1.82, 2.24) is 4.31 Å². The second-order valence-corrected chi connectivity index (χ2v) is 9.61. The molecule has 2 aliphatic heterocycles. The molecule has 0 aromatic heterocycles. The number of ether oxygens (including phenoxy) is 3. The van der Waals surface area contributed by atoms with E-state index in [0.29, 0.717) is 41.2 Å². The Morgan fingerprint density at radius 1 is 1.06 bits per heavy atom. The predicted octanol–water partition coefficient (Wildman–Crippen LogP) is 2.55. The molecule has 32 heavy (non-hydrogen) atoms. The van der Waals surface area contributed by atoms with Gasteiger partial charge in [-0.25, -0.2) is 13.2 Å². The summed E-state index contributed by atoms with van der Waals surface area (Å²) in [6, 6.07) is 9.56. The van der Waals surface area contributed by atoms with Gasteiger partial charge in [-0.15, -0.1) is 0 Å². The normalized spacial score (nSPS) is 16.6. The maximum atomic E-state index is 13.1. The monoisotopic (exact) mass is 460 g/mol. The van der Waals surface area contributed by atoms with Crippen LogP contribution in [0.2, 0.25) is 0 Å². The fraction of sp³-hybridized carbons (Fsp3) is 0.364. The molecule has 0 radical (unpaired) electrons. The average molecular weight is 461 g/mol. The van der Waals surface area contributed by atoms with Gasteiger partial charge < -0.3 is 19.5 Å². The highest BCUT2D eigenvalue weighted by atomic mass is 32.2. The zero-order chi connectivity index (χ0) is 22.9. The van der Waals surface area contributed by atoms with Crippen LogP contribution in [0.25, 0.3) is 0 Å². The smallest absolute Gasteiger partial charge is 0.337 e. The number of hydrogen-bond acceptors (Lipinski definition) is 7. The molecule has 1 saturated heterocycles. The lowest BCUT2D eigenvalue weighted by Gasteiger charge is -2.31. The molecule has 1 fully saturated rings. The number of hydrogen-bond donors (Lipinski definition) is 1. The van der Waals surface area contributed by atoms with Gasteiger partial charge in [-0.3, -0.25) is 4.79 Å².